The summed E-state index contributed by atoms with van der Waals surface area (Å²) in [7, 11) is 0. The van der Waals surface area contributed by atoms with Crippen LogP contribution in [0.25, 0.3) is 11.0 Å². The van der Waals surface area contributed by atoms with Crippen molar-refractivity contribution in [1.29, 1.82) is 0 Å². The number of hydrogen-bond donors (Lipinski definition) is 1. The second kappa shape index (κ2) is 7.61. The number of aromatic nitrogens is 2. The fraction of sp³-hybridized carbons (Fsp3) is 0.562. The van der Waals surface area contributed by atoms with Gasteiger partial charge in [-0.25, -0.2) is 4.98 Å². The van der Waals surface area contributed by atoms with E-state index in [-0.39, 0.29) is 29.1 Å². The van der Waals surface area contributed by atoms with Crippen LogP contribution in [0.3, 0.4) is 0 Å². The van der Waals surface area contributed by atoms with Crippen molar-refractivity contribution in [1.82, 2.24) is 9.55 Å². The molecule has 0 unspecified atom stereocenters. The zero-order chi connectivity index (χ0) is 17.7. The molecule has 1 aromatic carbocycles. The summed E-state index contributed by atoms with van der Waals surface area (Å²) in [5, 5.41) is 11.6. The fourth-order valence-corrected chi connectivity index (χ4v) is 4.36. The third kappa shape index (κ3) is 3.58. The Bertz CT molecular complexity index is 855. The maximum Gasteiger partial charge on any atom is 0.312 e. The third-order valence-corrected chi connectivity index (χ3v) is 6.91. The van der Waals surface area contributed by atoms with Crippen LogP contribution in [-0.2, 0) is 6.54 Å². The standard InChI is InChI=1S/C16H19Br2N5O2.ClH/c17-11-6-12-14(15(13(11)18)23(24)25)20-16(22(12)7-9-3-4-9)21-5-1-2-10(19)8-21;/h6,9-10H,1-5,7-8,19H2;1H/t10-;/m1./s1. The Balaban J connectivity index is 0.00000196. The predicted molar refractivity (Wildman–Crippen MR) is 111 cm³/mol. The normalized spacial score (nSPS) is 20.3. The Morgan fingerprint density at radius 1 is 1.35 bits per heavy atom. The summed E-state index contributed by atoms with van der Waals surface area (Å²) in [6, 6.07) is 2.05. The Morgan fingerprint density at radius 3 is 2.69 bits per heavy atom. The van der Waals surface area contributed by atoms with Gasteiger partial charge in [0.1, 0.15) is 4.47 Å². The van der Waals surface area contributed by atoms with E-state index in [9.17, 15) is 10.1 Å². The van der Waals surface area contributed by atoms with Crippen molar-refractivity contribution in [3.8, 4) is 0 Å². The van der Waals surface area contributed by atoms with Crippen LogP contribution in [0.15, 0.2) is 15.0 Å². The molecular weight excluding hydrogens is 489 g/mol. The monoisotopic (exact) mass is 507 g/mol. The van der Waals surface area contributed by atoms with E-state index in [0.29, 0.717) is 20.4 Å². The minimum absolute atomic E-state index is 0. The molecule has 1 saturated heterocycles. The van der Waals surface area contributed by atoms with Gasteiger partial charge in [-0.05, 0) is 69.5 Å². The van der Waals surface area contributed by atoms with Crippen LogP contribution in [0.5, 0.6) is 0 Å². The topological polar surface area (TPSA) is 90.2 Å². The number of rotatable bonds is 4. The summed E-state index contributed by atoms with van der Waals surface area (Å²) < 4.78 is 3.25. The quantitative estimate of drug-likeness (QED) is 0.492. The molecule has 10 heteroatoms. The smallest absolute Gasteiger partial charge is 0.312 e. The number of nitrogens with two attached hydrogens (primary N) is 1. The summed E-state index contributed by atoms with van der Waals surface area (Å²) in [5.74, 6) is 1.45. The Kier molecular flexibility index (Phi) is 5.81. The molecule has 2 fully saturated rings. The lowest BCUT2D eigenvalue weighted by Gasteiger charge is -2.32. The third-order valence-electron chi connectivity index (χ3n) is 4.95. The summed E-state index contributed by atoms with van der Waals surface area (Å²) in [5.41, 5.74) is 7.41. The van der Waals surface area contributed by atoms with Crippen molar-refractivity contribution in [2.45, 2.75) is 38.3 Å². The first-order chi connectivity index (χ1) is 12.0. The summed E-state index contributed by atoms with van der Waals surface area (Å²) in [4.78, 5) is 18.2. The Morgan fingerprint density at radius 2 is 2.08 bits per heavy atom. The highest BCUT2D eigenvalue weighted by Crippen LogP contribution is 2.42. The SMILES string of the molecule is Cl.N[C@@H]1CCCN(c2nc3c([N+](=O)[O-])c(Br)c(Br)cc3n2CC2CC2)C1. The molecule has 1 aromatic heterocycles. The van der Waals surface area contributed by atoms with E-state index in [1.807, 2.05) is 6.07 Å². The van der Waals surface area contributed by atoms with Gasteiger partial charge in [-0.15, -0.1) is 12.4 Å². The fourth-order valence-electron chi connectivity index (χ4n) is 3.51. The number of nitrogens with zero attached hydrogens (tertiary/aromatic N) is 4. The summed E-state index contributed by atoms with van der Waals surface area (Å²) >= 11 is 6.77. The van der Waals surface area contributed by atoms with Gasteiger partial charge in [-0.3, -0.25) is 10.1 Å². The molecule has 0 amide bonds. The van der Waals surface area contributed by atoms with Crippen molar-refractivity contribution in [2.75, 3.05) is 18.0 Å². The number of anilines is 1. The number of piperidine rings is 1. The molecule has 2 heterocycles. The molecule has 1 atom stereocenters. The van der Waals surface area contributed by atoms with Gasteiger partial charge in [0.15, 0.2) is 5.52 Å². The maximum absolute atomic E-state index is 11.6. The average Bonchev–Trinajstić information content (AvgIpc) is 3.31. The number of hydrogen-bond acceptors (Lipinski definition) is 5. The zero-order valence-corrected chi connectivity index (χ0v) is 18.0. The van der Waals surface area contributed by atoms with Crippen molar-refractivity contribution >= 4 is 66.9 Å². The van der Waals surface area contributed by atoms with Crippen molar-refractivity contribution in [3.63, 3.8) is 0 Å². The van der Waals surface area contributed by atoms with Crippen molar-refractivity contribution in [3.05, 3.63) is 25.1 Å². The van der Waals surface area contributed by atoms with E-state index in [1.54, 1.807) is 0 Å². The van der Waals surface area contributed by atoms with Gasteiger partial charge < -0.3 is 15.2 Å². The zero-order valence-electron chi connectivity index (χ0n) is 14.0. The molecule has 142 valence electrons. The number of benzene rings is 1. The van der Waals surface area contributed by atoms with Gasteiger partial charge in [0, 0.05) is 30.1 Å². The van der Waals surface area contributed by atoms with E-state index >= 15 is 0 Å². The molecule has 0 spiro atoms. The van der Waals surface area contributed by atoms with E-state index in [4.69, 9.17) is 10.7 Å². The van der Waals surface area contributed by atoms with E-state index in [2.05, 4.69) is 41.3 Å². The van der Waals surface area contributed by atoms with Crippen LogP contribution < -0.4 is 10.6 Å². The predicted octanol–water partition coefficient (Wildman–Crippen LogP) is 4.23. The van der Waals surface area contributed by atoms with Crippen LogP contribution in [0.1, 0.15) is 25.7 Å². The molecule has 2 aromatic rings. The van der Waals surface area contributed by atoms with Gasteiger partial charge in [0.05, 0.1) is 10.4 Å². The van der Waals surface area contributed by atoms with Crippen LogP contribution in [0.2, 0.25) is 0 Å². The molecule has 0 bridgehead atoms. The van der Waals surface area contributed by atoms with Gasteiger partial charge >= 0.3 is 5.69 Å². The number of nitro benzene ring substituents is 1. The lowest BCUT2D eigenvalue weighted by molar-refractivity contribution is -0.384. The first-order valence-electron chi connectivity index (χ1n) is 8.49. The second-order valence-corrected chi connectivity index (χ2v) is 8.61. The second-order valence-electron chi connectivity index (χ2n) is 6.96. The minimum Gasteiger partial charge on any atom is -0.341 e. The summed E-state index contributed by atoms with van der Waals surface area (Å²) in [6.45, 7) is 2.48. The molecule has 0 radical (unpaired) electrons. The Labute approximate surface area is 174 Å². The van der Waals surface area contributed by atoms with E-state index in [1.165, 1.54) is 12.8 Å². The first kappa shape index (κ1) is 19.9. The molecule has 4 rings (SSSR count). The van der Waals surface area contributed by atoms with Crippen LogP contribution in [-0.4, -0.2) is 33.6 Å². The van der Waals surface area contributed by atoms with Crippen LogP contribution in [0.4, 0.5) is 11.6 Å². The number of nitro groups is 1. The van der Waals surface area contributed by atoms with Crippen molar-refractivity contribution in [2.24, 2.45) is 11.7 Å². The largest absolute Gasteiger partial charge is 0.341 e. The molecular formula is C16H20Br2ClN5O2. The Hall–Kier alpha value is -0.900. The molecule has 2 N–H and O–H groups in total. The van der Waals surface area contributed by atoms with Gasteiger partial charge in [-0.2, -0.15) is 0 Å². The average molecular weight is 510 g/mol. The highest BCUT2D eigenvalue weighted by molar-refractivity contribution is 9.13. The lowest BCUT2D eigenvalue weighted by atomic mass is 10.1. The molecule has 26 heavy (non-hydrogen) atoms. The number of fused-ring (bicyclic) bond motifs is 1. The molecule has 1 saturated carbocycles. The lowest BCUT2D eigenvalue weighted by Crippen LogP contribution is -2.44. The van der Waals surface area contributed by atoms with Gasteiger partial charge in [0.2, 0.25) is 5.95 Å². The van der Waals surface area contributed by atoms with Crippen LogP contribution >= 0.6 is 44.3 Å². The highest BCUT2D eigenvalue weighted by Gasteiger charge is 2.31. The van der Waals surface area contributed by atoms with Crippen molar-refractivity contribution < 1.29 is 4.92 Å². The first-order valence-corrected chi connectivity index (χ1v) is 10.1. The minimum atomic E-state index is -0.364. The maximum atomic E-state index is 11.6. The summed E-state index contributed by atoms with van der Waals surface area (Å²) in [6.07, 6.45) is 4.44. The van der Waals surface area contributed by atoms with E-state index < -0.39 is 0 Å². The van der Waals surface area contributed by atoms with Gasteiger partial charge in [0.25, 0.3) is 0 Å². The molecule has 7 nitrogen and oxygen atoms in total. The number of imidazole rings is 1. The highest BCUT2D eigenvalue weighted by atomic mass is 79.9. The molecule has 1 aliphatic carbocycles. The van der Waals surface area contributed by atoms with Gasteiger partial charge in [-0.1, -0.05) is 0 Å². The van der Waals surface area contributed by atoms with Crippen LogP contribution in [0, 0.1) is 16.0 Å². The molecule has 2 aliphatic rings. The van der Waals surface area contributed by atoms with E-state index in [0.717, 1.165) is 43.9 Å². The number of halogens is 3. The molecule has 1 aliphatic heterocycles.